The molecule has 1 atom stereocenters. The van der Waals surface area contributed by atoms with Gasteiger partial charge in [-0.25, -0.2) is 0 Å². The molecule has 3 rings (SSSR count). The van der Waals surface area contributed by atoms with E-state index >= 15 is 0 Å². The Balaban J connectivity index is 2.22. The second-order valence-corrected chi connectivity index (χ2v) is 7.87. The summed E-state index contributed by atoms with van der Waals surface area (Å²) in [5.41, 5.74) is 2.59. The fourth-order valence-electron chi connectivity index (χ4n) is 2.85. The highest BCUT2D eigenvalue weighted by atomic mass is 79.9. The van der Waals surface area contributed by atoms with Crippen molar-refractivity contribution in [1.29, 1.82) is 0 Å². The quantitative estimate of drug-likeness (QED) is 0.845. The number of thioether (sulfide) groups is 1. The third-order valence-corrected chi connectivity index (χ3v) is 5.91. The third-order valence-electron chi connectivity index (χ3n) is 3.79. The zero-order valence-corrected chi connectivity index (χ0v) is 13.8. The molecule has 0 saturated carbocycles. The molecule has 0 aromatic heterocycles. The monoisotopic (exact) mass is 343 g/mol. The van der Waals surface area contributed by atoms with E-state index in [1.807, 2.05) is 24.9 Å². The Kier molecular flexibility index (Phi) is 3.48. The molecule has 104 valence electrons. The van der Waals surface area contributed by atoms with Crippen LogP contribution >= 0.6 is 27.7 Å². The molecule has 2 heterocycles. The Bertz CT molecular complexity index is 519. The van der Waals surface area contributed by atoms with Crippen LogP contribution < -0.4 is 14.8 Å². The van der Waals surface area contributed by atoms with Crippen molar-refractivity contribution in [2.24, 2.45) is 0 Å². The average Bonchev–Trinajstić information content (AvgIpc) is 2.37. The number of benzene rings is 1. The summed E-state index contributed by atoms with van der Waals surface area (Å²) in [7, 11) is 2.01. The third kappa shape index (κ3) is 2.16. The molecular formula is C14H18BrNO2S. The van der Waals surface area contributed by atoms with Crippen LogP contribution in [-0.2, 0) is 5.75 Å². The van der Waals surface area contributed by atoms with E-state index in [1.165, 1.54) is 11.1 Å². The van der Waals surface area contributed by atoms with Gasteiger partial charge >= 0.3 is 0 Å². The minimum absolute atomic E-state index is 0.136. The van der Waals surface area contributed by atoms with Gasteiger partial charge in [-0.2, -0.15) is 0 Å². The fraction of sp³-hybridized carbons (Fsp3) is 0.571. The molecule has 5 heteroatoms. The molecule has 1 N–H and O–H groups in total. The van der Waals surface area contributed by atoms with Crippen LogP contribution in [0.5, 0.6) is 11.5 Å². The first kappa shape index (κ1) is 13.6. The van der Waals surface area contributed by atoms with Crippen LogP contribution in [0.3, 0.4) is 0 Å². The molecule has 0 saturated heterocycles. The molecular weight excluding hydrogens is 326 g/mol. The van der Waals surface area contributed by atoms with E-state index in [0.717, 1.165) is 21.7 Å². The van der Waals surface area contributed by atoms with Crippen molar-refractivity contribution in [1.82, 2.24) is 5.32 Å². The van der Waals surface area contributed by atoms with Gasteiger partial charge in [0.15, 0.2) is 11.5 Å². The highest BCUT2D eigenvalue weighted by molar-refractivity contribution is 9.10. The molecule has 2 aliphatic heterocycles. The van der Waals surface area contributed by atoms with E-state index in [0.29, 0.717) is 13.2 Å². The van der Waals surface area contributed by atoms with E-state index in [9.17, 15) is 0 Å². The normalized spacial score (nSPS) is 23.9. The number of rotatable bonds is 1. The topological polar surface area (TPSA) is 30.5 Å². The summed E-state index contributed by atoms with van der Waals surface area (Å²) >= 11 is 5.65. The van der Waals surface area contributed by atoms with Gasteiger partial charge in [0.25, 0.3) is 0 Å². The van der Waals surface area contributed by atoms with Crippen LogP contribution in [0, 0.1) is 0 Å². The van der Waals surface area contributed by atoms with Crippen molar-refractivity contribution >= 4 is 27.7 Å². The van der Waals surface area contributed by atoms with Crippen molar-refractivity contribution in [2.45, 2.75) is 30.4 Å². The molecule has 3 nitrogen and oxygen atoms in total. The Hall–Kier alpha value is -0.390. The molecule has 2 aliphatic rings. The van der Waals surface area contributed by atoms with Crippen molar-refractivity contribution in [2.75, 3.05) is 20.3 Å². The minimum atomic E-state index is 0.136. The van der Waals surface area contributed by atoms with Gasteiger partial charge in [-0.1, -0.05) is 15.9 Å². The highest BCUT2D eigenvalue weighted by Crippen LogP contribution is 2.53. The first-order valence-corrected chi connectivity index (χ1v) is 8.24. The second-order valence-electron chi connectivity index (χ2n) is 5.39. The lowest BCUT2D eigenvalue weighted by atomic mass is 9.90. The molecule has 0 aliphatic carbocycles. The van der Waals surface area contributed by atoms with E-state index in [-0.39, 0.29) is 10.8 Å². The number of halogens is 1. The Morgan fingerprint density at radius 3 is 2.84 bits per heavy atom. The standard InChI is InChI=1S/C14H18BrNO2S/c1-14(2)13(16-3)11-8(7-19-14)9(15)6-10-12(11)18-5-4-17-10/h6,13,16H,4-5,7H2,1-3H3. The maximum atomic E-state index is 5.91. The molecule has 0 fully saturated rings. The molecule has 0 spiro atoms. The SMILES string of the molecule is CNC1c2c(c(Br)cc3c2OCCO3)CSC1(C)C. The van der Waals surface area contributed by atoms with Crippen LogP contribution in [0.15, 0.2) is 10.5 Å². The number of ether oxygens (including phenoxy) is 2. The molecule has 1 aromatic carbocycles. The summed E-state index contributed by atoms with van der Waals surface area (Å²) in [4.78, 5) is 0. The first-order valence-electron chi connectivity index (χ1n) is 6.46. The average molecular weight is 344 g/mol. The zero-order valence-electron chi connectivity index (χ0n) is 11.4. The molecule has 1 unspecified atom stereocenters. The number of hydrogen-bond donors (Lipinski definition) is 1. The number of hydrogen-bond acceptors (Lipinski definition) is 4. The summed E-state index contributed by atoms with van der Waals surface area (Å²) in [5.74, 6) is 2.79. The van der Waals surface area contributed by atoms with Gasteiger partial charge in [-0.05, 0) is 32.5 Å². The molecule has 0 bridgehead atoms. The van der Waals surface area contributed by atoms with Crippen molar-refractivity contribution in [3.05, 3.63) is 21.7 Å². The van der Waals surface area contributed by atoms with Crippen LogP contribution in [-0.4, -0.2) is 25.0 Å². The highest BCUT2D eigenvalue weighted by Gasteiger charge is 2.40. The minimum Gasteiger partial charge on any atom is -0.486 e. The Labute approximate surface area is 126 Å². The van der Waals surface area contributed by atoms with Gasteiger partial charge in [-0.15, -0.1) is 11.8 Å². The smallest absolute Gasteiger partial charge is 0.166 e. The molecule has 0 radical (unpaired) electrons. The molecule has 19 heavy (non-hydrogen) atoms. The lowest BCUT2D eigenvalue weighted by molar-refractivity contribution is 0.167. The summed E-state index contributed by atoms with van der Waals surface area (Å²) in [6.45, 7) is 5.81. The van der Waals surface area contributed by atoms with Gasteiger partial charge in [-0.3, -0.25) is 0 Å². The largest absolute Gasteiger partial charge is 0.486 e. The maximum absolute atomic E-state index is 5.91. The predicted molar refractivity (Wildman–Crippen MR) is 82.3 cm³/mol. The van der Waals surface area contributed by atoms with E-state index in [2.05, 4.69) is 35.1 Å². The van der Waals surface area contributed by atoms with Crippen LogP contribution in [0.1, 0.15) is 31.0 Å². The summed E-state index contributed by atoms with van der Waals surface area (Å²) in [6.07, 6.45) is 0. The Morgan fingerprint density at radius 1 is 1.37 bits per heavy atom. The van der Waals surface area contributed by atoms with E-state index < -0.39 is 0 Å². The van der Waals surface area contributed by atoms with E-state index in [4.69, 9.17) is 9.47 Å². The Morgan fingerprint density at radius 2 is 2.11 bits per heavy atom. The van der Waals surface area contributed by atoms with Gasteiger partial charge < -0.3 is 14.8 Å². The predicted octanol–water partition coefficient (Wildman–Crippen LogP) is 3.51. The molecule has 1 aromatic rings. The van der Waals surface area contributed by atoms with Crippen LogP contribution in [0.25, 0.3) is 0 Å². The maximum Gasteiger partial charge on any atom is 0.166 e. The fourth-order valence-corrected chi connectivity index (χ4v) is 4.83. The number of fused-ring (bicyclic) bond motifs is 3. The van der Waals surface area contributed by atoms with Gasteiger partial charge in [0.05, 0.1) is 6.04 Å². The van der Waals surface area contributed by atoms with Crippen molar-refractivity contribution in [3.8, 4) is 11.5 Å². The summed E-state index contributed by atoms with van der Waals surface area (Å²) in [6, 6.07) is 2.30. The van der Waals surface area contributed by atoms with Gasteiger partial charge in [0.2, 0.25) is 0 Å². The lowest BCUT2D eigenvalue weighted by Gasteiger charge is -2.41. The van der Waals surface area contributed by atoms with Gasteiger partial charge in [0.1, 0.15) is 13.2 Å². The molecule has 0 amide bonds. The summed E-state index contributed by atoms with van der Waals surface area (Å²) in [5, 5.41) is 3.45. The van der Waals surface area contributed by atoms with Crippen LogP contribution in [0.2, 0.25) is 0 Å². The van der Waals surface area contributed by atoms with E-state index in [1.54, 1.807) is 0 Å². The second kappa shape index (κ2) is 4.86. The number of nitrogens with one attached hydrogen (secondary N) is 1. The lowest BCUT2D eigenvalue weighted by Crippen LogP contribution is -2.39. The zero-order chi connectivity index (χ0) is 13.6. The van der Waals surface area contributed by atoms with Crippen molar-refractivity contribution < 1.29 is 9.47 Å². The van der Waals surface area contributed by atoms with Crippen molar-refractivity contribution in [3.63, 3.8) is 0 Å². The van der Waals surface area contributed by atoms with Gasteiger partial charge in [0, 0.05) is 20.5 Å². The van der Waals surface area contributed by atoms with Crippen LogP contribution in [0.4, 0.5) is 0 Å². The summed E-state index contributed by atoms with van der Waals surface area (Å²) < 4.78 is 12.9. The first-order chi connectivity index (χ1) is 9.04.